The molecule has 0 saturated carbocycles. The number of carbonyl (C=O) groups is 1. The van der Waals surface area contributed by atoms with Gasteiger partial charge >= 0.3 is 0 Å². The molecule has 2 N–H and O–H groups in total. The number of rotatable bonds is 6. The zero-order valence-corrected chi connectivity index (χ0v) is 9.42. The Hall–Kier alpha value is -1.32. The average Bonchev–Trinajstić information content (AvgIpc) is 2.71. The first-order valence-electron chi connectivity index (χ1n) is 5.50. The number of hydrogen-bond acceptors (Lipinski definition) is 2. The predicted molar refractivity (Wildman–Crippen MR) is 59.4 cm³/mol. The van der Waals surface area contributed by atoms with Crippen LogP contribution < -0.4 is 5.32 Å². The summed E-state index contributed by atoms with van der Waals surface area (Å²) >= 11 is 0. The molecule has 15 heavy (non-hydrogen) atoms. The summed E-state index contributed by atoms with van der Waals surface area (Å²) < 4.78 is 0. The lowest BCUT2D eigenvalue weighted by atomic mass is 10.1. The third-order valence-corrected chi connectivity index (χ3v) is 2.39. The summed E-state index contributed by atoms with van der Waals surface area (Å²) in [6, 6.07) is 0. The molecule has 1 unspecified atom stereocenters. The predicted octanol–water partition coefficient (Wildman–Crippen LogP) is 1.50. The Labute approximate surface area is 90.5 Å². The second-order valence-corrected chi connectivity index (χ2v) is 3.77. The number of aromatic nitrogens is 2. The summed E-state index contributed by atoms with van der Waals surface area (Å²) in [5.74, 6) is 1.17. The minimum Gasteiger partial charge on any atom is -0.355 e. The quantitative estimate of drug-likeness (QED) is 0.746. The molecule has 0 fully saturated rings. The molecule has 1 heterocycles. The van der Waals surface area contributed by atoms with Gasteiger partial charge in [0.2, 0.25) is 5.91 Å². The van der Waals surface area contributed by atoms with E-state index in [1.54, 1.807) is 12.4 Å². The number of aromatic amines is 1. The van der Waals surface area contributed by atoms with Gasteiger partial charge in [0.15, 0.2) is 0 Å². The number of carbonyl (C=O) groups excluding carboxylic acids is 1. The first-order chi connectivity index (χ1) is 7.24. The number of H-pyrrole nitrogens is 1. The van der Waals surface area contributed by atoms with Gasteiger partial charge in [0.05, 0.1) is 0 Å². The highest BCUT2D eigenvalue weighted by atomic mass is 16.1. The number of hydrogen-bond donors (Lipinski definition) is 2. The lowest BCUT2D eigenvalue weighted by Gasteiger charge is -2.10. The van der Waals surface area contributed by atoms with E-state index >= 15 is 0 Å². The number of nitrogens with zero attached hydrogens (tertiary/aromatic N) is 1. The molecule has 0 aliphatic carbocycles. The van der Waals surface area contributed by atoms with Crippen molar-refractivity contribution < 1.29 is 4.79 Å². The van der Waals surface area contributed by atoms with Crippen LogP contribution in [0.25, 0.3) is 0 Å². The summed E-state index contributed by atoms with van der Waals surface area (Å²) in [5.41, 5.74) is 0. The molecule has 1 rings (SSSR count). The molecule has 0 aromatic carbocycles. The molecule has 1 aromatic heterocycles. The van der Waals surface area contributed by atoms with E-state index < -0.39 is 0 Å². The molecule has 1 aromatic rings. The van der Waals surface area contributed by atoms with Crippen LogP contribution in [-0.4, -0.2) is 22.4 Å². The number of imidazole rings is 1. The molecule has 0 spiro atoms. The first kappa shape index (κ1) is 11.8. The van der Waals surface area contributed by atoms with E-state index in [0.29, 0.717) is 6.54 Å². The highest BCUT2D eigenvalue weighted by molar-refractivity contribution is 5.78. The summed E-state index contributed by atoms with van der Waals surface area (Å²) in [6.45, 7) is 4.71. The largest absolute Gasteiger partial charge is 0.355 e. The molecule has 0 aliphatic rings. The minimum absolute atomic E-state index is 0.117. The third kappa shape index (κ3) is 4.14. The van der Waals surface area contributed by atoms with Crippen LogP contribution in [0.2, 0.25) is 0 Å². The van der Waals surface area contributed by atoms with Crippen LogP contribution in [0, 0.1) is 5.92 Å². The molecule has 0 radical (unpaired) electrons. The van der Waals surface area contributed by atoms with Gasteiger partial charge in [0.25, 0.3) is 0 Å². The minimum atomic E-state index is 0.117. The molecule has 4 nitrogen and oxygen atoms in total. The number of nitrogens with one attached hydrogen (secondary N) is 2. The Kier molecular flexibility index (Phi) is 4.87. The van der Waals surface area contributed by atoms with E-state index in [2.05, 4.69) is 22.2 Å². The van der Waals surface area contributed by atoms with E-state index in [-0.39, 0.29) is 11.8 Å². The average molecular weight is 209 g/mol. The molecule has 1 atom stereocenters. The molecule has 84 valence electrons. The van der Waals surface area contributed by atoms with Crippen molar-refractivity contribution in [3.05, 3.63) is 18.2 Å². The van der Waals surface area contributed by atoms with E-state index in [9.17, 15) is 4.79 Å². The van der Waals surface area contributed by atoms with Crippen molar-refractivity contribution >= 4 is 5.91 Å². The molecule has 0 bridgehead atoms. The van der Waals surface area contributed by atoms with E-state index in [4.69, 9.17) is 0 Å². The van der Waals surface area contributed by atoms with Crippen LogP contribution in [0.1, 0.15) is 32.5 Å². The monoisotopic (exact) mass is 209 g/mol. The van der Waals surface area contributed by atoms with Gasteiger partial charge in [-0.25, -0.2) is 4.98 Å². The van der Waals surface area contributed by atoms with E-state index in [1.807, 2.05) is 6.92 Å². The fourth-order valence-electron chi connectivity index (χ4n) is 1.48. The highest BCUT2D eigenvalue weighted by Gasteiger charge is 2.10. The van der Waals surface area contributed by atoms with Crippen LogP contribution >= 0.6 is 0 Å². The van der Waals surface area contributed by atoms with Gasteiger partial charge in [-0.05, 0) is 6.42 Å². The Bertz CT molecular complexity index is 282. The second kappa shape index (κ2) is 6.22. The van der Waals surface area contributed by atoms with Gasteiger partial charge in [-0.2, -0.15) is 0 Å². The van der Waals surface area contributed by atoms with E-state index in [0.717, 1.165) is 25.1 Å². The van der Waals surface area contributed by atoms with Gasteiger partial charge in [0, 0.05) is 31.3 Å². The smallest absolute Gasteiger partial charge is 0.222 e. The SMILES string of the molecule is CCCC(C)C(=O)NCCc1ncc[nH]1. The van der Waals surface area contributed by atoms with Crippen molar-refractivity contribution in [1.82, 2.24) is 15.3 Å². The van der Waals surface area contributed by atoms with Crippen LogP contribution in [0.5, 0.6) is 0 Å². The Morgan fingerprint density at radius 2 is 2.47 bits per heavy atom. The van der Waals surface area contributed by atoms with Crippen molar-refractivity contribution in [2.45, 2.75) is 33.1 Å². The maximum absolute atomic E-state index is 11.5. The van der Waals surface area contributed by atoms with Crippen molar-refractivity contribution in [3.63, 3.8) is 0 Å². The van der Waals surface area contributed by atoms with Gasteiger partial charge in [0.1, 0.15) is 5.82 Å². The van der Waals surface area contributed by atoms with Gasteiger partial charge in [-0.1, -0.05) is 20.3 Å². The Balaban J connectivity index is 2.17. The summed E-state index contributed by atoms with van der Waals surface area (Å²) in [4.78, 5) is 18.6. The topological polar surface area (TPSA) is 57.8 Å². The summed E-state index contributed by atoms with van der Waals surface area (Å²) in [5, 5.41) is 2.91. The maximum atomic E-state index is 11.5. The first-order valence-corrected chi connectivity index (χ1v) is 5.50. The second-order valence-electron chi connectivity index (χ2n) is 3.77. The van der Waals surface area contributed by atoms with Crippen molar-refractivity contribution in [3.8, 4) is 0 Å². The Morgan fingerprint density at radius 1 is 1.67 bits per heavy atom. The van der Waals surface area contributed by atoms with Gasteiger partial charge in [-0.3, -0.25) is 4.79 Å². The van der Waals surface area contributed by atoms with Gasteiger partial charge < -0.3 is 10.3 Å². The third-order valence-electron chi connectivity index (χ3n) is 2.39. The number of amides is 1. The highest BCUT2D eigenvalue weighted by Crippen LogP contribution is 2.04. The van der Waals surface area contributed by atoms with Crippen molar-refractivity contribution in [1.29, 1.82) is 0 Å². The summed E-state index contributed by atoms with van der Waals surface area (Å²) in [7, 11) is 0. The van der Waals surface area contributed by atoms with Crippen LogP contribution in [0.3, 0.4) is 0 Å². The standard InChI is InChI=1S/C11H19N3O/c1-3-4-9(2)11(15)14-6-5-10-12-7-8-13-10/h7-9H,3-6H2,1-2H3,(H,12,13)(H,14,15). The summed E-state index contributed by atoms with van der Waals surface area (Å²) in [6.07, 6.45) is 6.27. The van der Waals surface area contributed by atoms with Gasteiger partial charge in [-0.15, -0.1) is 0 Å². The van der Waals surface area contributed by atoms with Crippen LogP contribution in [0.15, 0.2) is 12.4 Å². The maximum Gasteiger partial charge on any atom is 0.222 e. The Morgan fingerprint density at radius 3 is 3.07 bits per heavy atom. The lowest BCUT2D eigenvalue weighted by Crippen LogP contribution is -2.30. The molecule has 1 amide bonds. The van der Waals surface area contributed by atoms with Crippen molar-refractivity contribution in [2.24, 2.45) is 5.92 Å². The van der Waals surface area contributed by atoms with Crippen LogP contribution in [0.4, 0.5) is 0 Å². The van der Waals surface area contributed by atoms with Crippen LogP contribution in [-0.2, 0) is 11.2 Å². The zero-order chi connectivity index (χ0) is 11.1. The van der Waals surface area contributed by atoms with E-state index in [1.165, 1.54) is 0 Å². The van der Waals surface area contributed by atoms with Crippen molar-refractivity contribution in [2.75, 3.05) is 6.54 Å². The molecule has 0 saturated heterocycles. The fraction of sp³-hybridized carbons (Fsp3) is 0.636. The normalized spacial score (nSPS) is 12.4. The molecular formula is C11H19N3O. The molecular weight excluding hydrogens is 190 g/mol. The zero-order valence-electron chi connectivity index (χ0n) is 9.42. The fourth-order valence-corrected chi connectivity index (χ4v) is 1.48. The molecule has 0 aliphatic heterocycles. The lowest BCUT2D eigenvalue weighted by molar-refractivity contribution is -0.124. The molecule has 4 heteroatoms.